The summed E-state index contributed by atoms with van der Waals surface area (Å²) >= 11 is 1.41. The number of benzene rings is 2. The Morgan fingerprint density at radius 1 is 1.07 bits per heavy atom. The molecular weight excluding hydrogens is 382 g/mol. The number of rotatable bonds is 10. The molecule has 0 saturated carbocycles. The molecule has 0 bridgehead atoms. The van der Waals surface area contributed by atoms with Gasteiger partial charge in [-0.1, -0.05) is 72.4 Å². The van der Waals surface area contributed by atoms with Crippen LogP contribution in [0.15, 0.2) is 65.8 Å². The van der Waals surface area contributed by atoms with Gasteiger partial charge < -0.3 is 15.0 Å². The fourth-order valence-corrected chi connectivity index (χ4v) is 3.54. The molecular formula is C23H27N3O2S. The topological polar surface area (TPSA) is 67.0 Å². The molecule has 0 aliphatic rings. The van der Waals surface area contributed by atoms with E-state index < -0.39 is 0 Å². The van der Waals surface area contributed by atoms with Crippen LogP contribution in [-0.4, -0.2) is 40.9 Å². The number of hydrogen-bond acceptors (Lipinski definition) is 4. The number of nitrogens with one attached hydrogen (secondary N) is 2. The molecule has 1 aromatic heterocycles. The van der Waals surface area contributed by atoms with E-state index in [1.54, 1.807) is 0 Å². The molecule has 5 nitrogen and oxygen atoms in total. The second-order valence-corrected chi connectivity index (χ2v) is 7.87. The van der Waals surface area contributed by atoms with E-state index in [4.69, 9.17) is 9.72 Å². The van der Waals surface area contributed by atoms with E-state index in [1.165, 1.54) is 11.8 Å². The Morgan fingerprint density at radius 2 is 1.72 bits per heavy atom. The molecule has 0 fully saturated rings. The van der Waals surface area contributed by atoms with Gasteiger partial charge in [-0.05, 0) is 20.3 Å². The number of amides is 1. The molecule has 3 aromatic rings. The predicted molar refractivity (Wildman–Crippen MR) is 119 cm³/mol. The number of imidazole rings is 1. The Morgan fingerprint density at radius 3 is 2.38 bits per heavy atom. The van der Waals surface area contributed by atoms with Crippen molar-refractivity contribution < 1.29 is 9.53 Å². The summed E-state index contributed by atoms with van der Waals surface area (Å²) in [5, 5.41) is 3.67. The standard InChI is InChI=1S/C23H27N3O2S/c1-17(2)28-15-9-14-24-20(27)16-29-23-25-21(18-10-5-3-6-11-18)22(26-23)19-12-7-4-8-13-19/h3-8,10-13,17H,9,14-16H2,1-2H3,(H,24,27)(H,25,26). The Labute approximate surface area is 176 Å². The van der Waals surface area contributed by atoms with Gasteiger partial charge in [0, 0.05) is 24.3 Å². The Kier molecular flexibility index (Phi) is 7.90. The molecule has 0 aliphatic heterocycles. The molecule has 0 atom stereocenters. The predicted octanol–water partition coefficient (Wildman–Crippen LogP) is 4.77. The van der Waals surface area contributed by atoms with Gasteiger partial charge in [-0.15, -0.1) is 0 Å². The third-order valence-electron chi connectivity index (χ3n) is 4.23. The lowest BCUT2D eigenvalue weighted by atomic mass is 10.1. The van der Waals surface area contributed by atoms with Crippen LogP contribution in [0.25, 0.3) is 22.5 Å². The number of hydrogen-bond donors (Lipinski definition) is 2. The Hall–Kier alpha value is -2.57. The Bertz CT molecular complexity index is 838. The lowest BCUT2D eigenvalue weighted by Gasteiger charge is -2.07. The van der Waals surface area contributed by atoms with E-state index in [-0.39, 0.29) is 12.0 Å². The molecule has 2 aromatic carbocycles. The van der Waals surface area contributed by atoms with Crippen molar-refractivity contribution in [1.82, 2.24) is 15.3 Å². The summed E-state index contributed by atoms with van der Waals surface area (Å²) in [6.07, 6.45) is 1.03. The molecule has 1 heterocycles. The van der Waals surface area contributed by atoms with Gasteiger partial charge in [-0.3, -0.25) is 4.79 Å². The first-order valence-corrected chi connectivity index (χ1v) is 10.8. The van der Waals surface area contributed by atoms with Gasteiger partial charge in [0.05, 0.1) is 23.2 Å². The summed E-state index contributed by atoms with van der Waals surface area (Å²) < 4.78 is 5.48. The molecule has 0 aliphatic carbocycles. The highest BCUT2D eigenvalue weighted by Crippen LogP contribution is 2.32. The van der Waals surface area contributed by atoms with Crippen LogP contribution >= 0.6 is 11.8 Å². The van der Waals surface area contributed by atoms with Gasteiger partial charge in [-0.2, -0.15) is 0 Å². The molecule has 0 radical (unpaired) electrons. The minimum absolute atomic E-state index is 0.00142. The van der Waals surface area contributed by atoms with Crippen molar-refractivity contribution in [3.05, 3.63) is 60.7 Å². The fraction of sp³-hybridized carbons (Fsp3) is 0.304. The van der Waals surface area contributed by atoms with Gasteiger partial charge in [0.25, 0.3) is 0 Å². The summed E-state index contributed by atoms with van der Waals surface area (Å²) in [5.41, 5.74) is 3.97. The van der Waals surface area contributed by atoms with Gasteiger partial charge in [-0.25, -0.2) is 4.98 Å². The zero-order valence-electron chi connectivity index (χ0n) is 16.9. The number of aromatic nitrogens is 2. The minimum Gasteiger partial charge on any atom is -0.379 e. The van der Waals surface area contributed by atoms with Gasteiger partial charge >= 0.3 is 0 Å². The van der Waals surface area contributed by atoms with Crippen LogP contribution in [0.1, 0.15) is 20.3 Å². The van der Waals surface area contributed by atoms with Crippen LogP contribution < -0.4 is 5.32 Å². The number of carbonyl (C=O) groups is 1. The monoisotopic (exact) mass is 409 g/mol. The maximum Gasteiger partial charge on any atom is 0.230 e. The van der Waals surface area contributed by atoms with Gasteiger partial charge in [0.2, 0.25) is 5.91 Å². The molecule has 6 heteroatoms. The zero-order chi connectivity index (χ0) is 20.5. The quantitative estimate of drug-likeness (QED) is 0.374. The molecule has 2 N–H and O–H groups in total. The minimum atomic E-state index is -0.00142. The number of H-pyrrole nitrogens is 1. The SMILES string of the molecule is CC(C)OCCCNC(=O)CSc1nc(-c2ccccc2)c(-c2ccccc2)[nH]1. The third-order valence-corrected chi connectivity index (χ3v) is 5.10. The zero-order valence-corrected chi connectivity index (χ0v) is 17.7. The van der Waals surface area contributed by atoms with Crippen molar-refractivity contribution in [2.24, 2.45) is 0 Å². The summed E-state index contributed by atoms with van der Waals surface area (Å²) in [6.45, 7) is 5.29. The highest BCUT2D eigenvalue weighted by atomic mass is 32.2. The van der Waals surface area contributed by atoms with E-state index >= 15 is 0 Å². The van der Waals surface area contributed by atoms with Crippen LogP contribution in [-0.2, 0) is 9.53 Å². The van der Waals surface area contributed by atoms with Crippen molar-refractivity contribution >= 4 is 17.7 Å². The average molecular weight is 410 g/mol. The van der Waals surface area contributed by atoms with Crippen molar-refractivity contribution in [1.29, 1.82) is 0 Å². The second-order valence-electron chi connectivity index (χ2n) is 6.91. The van der Waals surface area contributed by atoms with Crippen LogP contribution in [0, 0.1) is 0 Å². The van der Waals surface area contributed by atoms with E-state index in [0.717, 1.165) is 34.1 Å². The van der Waals surface area contributed by atoms with Gasteiger partial charge in [0.15, 0.2) is 5.16 Å². The number of nitrogens with zero attached hydrogens (tertiary/aromatic N) is 1. The van der Waals surface area contributed by atoms with E-state index in [1.807, 2.05) is 62.4 Å². The molecule has 152 valence electrons. The summed E-state index contributed by atoms with van der Waals surface area (Å²) in [4.78, 5) is 20.3. The molecule has 0 saturated heterocycles. The first-order valence-electron chi connectivity index (χ1n) is 9.85. The van der Waals surface area contributed by atoms with Crippen LogP contribution in [0.5, 0.6) is 0 Å². The van der Waals surface area contributed by atoms with Crippen molar-refractivity contribution in [2.75, 3.05) is 18.9 Å². The molecule has 1 amide bonds. The summed E-state index contributed by atoms with van der Waals surface area (Å²) in [6, 6.07) is 20.2. The van der Waals surface area contributed by atoms with Crippen LogP contribution in [0.3, 0.4) is 0 Å². The largest absolute Gasteiger partial charge is 0.379 e. The molecule has 3 rings (SSSR count). The fourth-order valence-electron chi connectivity index (χ4n) is 2.84. The highest BCUT2D eigenvalue weighted by Gasteiger charge is 2.15. The second kappa shape index (κ2) is 10.8. The first-order chi connectivity index (χ1) is 14.1. The van der Waals surface area contributed by atoms with Gasteiger partial charge in [0.1, 0.15) is 0 Å². The Balaban J connectivity index is 1.63. The lowest BCUT2D eigenvalue weighted by molar-refractivity contribution is -0.118. The highest BCUT2D eigenvalue weighted by molar-refractivity contribution is 7.99. The summed E-state index contributed by atoms with van der Waals surface area (Å²) in [7, 11) is 0. The number of aromatic amines is 1. The van der Waals surface area contributed by atoms with E-state index in [0.29, 0.717) is 18.9 Å². The molecule has 0 spiro atoms. The number of thioether (sulfide) groups is 1. The van der Waals surface area contributed by atoms with Crippen molar-refractivity contribution in [3.63, 3.8) is 0 Å². The van der Waals surface area contributed by atoms with Crippen LogP contribution in [0.4, 0.5) is 0 Å². The van der Waals surface area contributed by atoms with Crippen molar-refractivity contribution in [3.8, 4) is 22.5 Å². The normalized spacial score (nSPS) is 11.0. The third kappa shape index (κ3) is 6.48. The lowest BCUT2D eigenvalue weighted by Crippen LogP contribution is -2.27. The van der Waals surface area contributed by atoms with Crippen LogP contribution in [0.2, 0.25) is 0 Å². The maximum absolute atomic E-state index is 12.1. The smallest absolute Gasteiger partial charge is 0.230 e. The van der Waals surface area contributed by atoms with E-state index in [2.05, 4.69) is 22.4 Å². The average Bonchev–Trinajstić information content (AvgIpc) is 3.17. The van der Waals surface area contributed by atoms with E-state index in [9.17, 15) is 4.79 Å². The summed E-state index contributed by atoms with van der Waals surface area (Å²) in [5.74, 6) is 0.319. The molecule has 29 heavy (non-hydrogen) atoms. The maximum atomic E-state index is 12.1. The number of ether oxygens (including phenoxy) is 1. The molecule has 0 unspecified atom stereocenters. The number of carbonyl (C=O) groups excluding carboxylic acids is 1. The first kappa shape index (κ1) is 21.1. The van der Waals surface area contributed by atoms with Crippen molar-refractivity contribution in [2.45, 2.75) is 31.5 Å².